The van der Waals surface area contributed by atoms with E-state index < -0.39 is 0 Å². The van der Waals surface area contributed by atoms with E-state index in [2.05, 4.69) is 53.6 Å². The predicted octanol–water partition coefficient (Wildman–Crippen LogP) is 3.58. The zero-order chi connectivity index (χ0) is 12.4. The molecule has 92 valence electrons. The lowest BCUT2D eigenvalue weighted by Gasteiger charge is -2.20. The number of thioether (sulfide) groups is 1. The second-order valence-corrected chi connectivity index (χ2v) is 5.63. The topological polar surface area (TPSA) is 24.9 Å². The van der Waals surface area contributed by atoms with Crippen molar-refractivity contribution in [1.82, 2.24) is 10.3 Å². The van der Waals surface area contributed by atoms with Crippen LogP contribution in [0.4, 0.5) is 0 Å². The van der Waals surface area contributed by atoms with E-state index in [1.165, 1.54) is 16.0 Å². The van der Waals surface area contributed by atoms with Crippen LogP contribution in [0.25, 0.3) is 0 Å². The Labute approximate surface area is 112 Å². The van der Waals surface area contributed by atoms with Crippen LogP contribution in [0.1, 0.15) is 30.1 Å². The van der Waals surface area contributed by atoms with Crippen LogP contribution in [0.3, 0.4) is 0 Å². The molecule has 0 saturated heterocycles. The summed E-state index contributed by atoms with van der Waals surface area (Å²) in [5.41, 5.74) is 2.72. The highest BCUT2D eigenvalue weighted by molar-refractivity contribution is 7.99. The summed E-state index contributed by atoms with van der Waals surface area (Å²) in [6.45, 7) is 2.21. The van der Waals surface area contributed by atoms with Crippen LogP contribution >= 0.6 is 11.8 Å². The SMILES string of the molecule is CC(NC1CSc2ccccc21)c1ccncc1. The molecule has 1 aliphatic heterocycles. The van der Waals surface area contributed by atoms with Gasteiger partial charge in [0.15, 0.2) is 0 Å². The monoisotopic (exact) mass is 256 g/mol. The molecule has 2 aromatic rings. The number of benzene rings is 1. The second kappa shape index (κ2) is 5.12. The van der Waals surface area contributed by atoms with Gasteiger partial charge < -0.3 is 5.32 Å². The molecule has 18 heavy (non-hydrogen) atoms. The van der Waals surface area contributed by atoms with E-state index in [9.17, 15) is 0 Å². The molecule has 1 aliphatic rings. The van der Waals surface area contributed by atoms with Crippen LogP contribution in [-0.2, 0) is 0 Å². The first-order valence-corrected chi connectivity index (χ1v) is 7.21. The maximum absolute atomic E-state index is 4.06. The summed E-state index contributed by atoms with van der Waals surface area (Å²) in [7, 11) is 0. The second-order valence-electron chi connectivity index (χ2n) is 4.57. The van der Waals surface area contributed by atoms with E-state index in [1.807, 2.05) is 24.2 Å². The first-order valence-electron chi connectivity index (χ1n) is 6.22. The summed E-state index contributed by atoms with van der Waals surface area (Å²) in [6, 6.07) is 13.6. The van der Waals surface area contributed by atoms with Gasteiger partial charge in [0.05, 0.1) is 0 Å². The molecule has 0 amide bonds. The number of hydrogen-bond donors (Lipinski definition) is 1. The Morgan fingerprint density at radius 2 is 2.00 bits per heavy atom. The minimum absolute atomic E-state index is 0.352. The fourth-order valence-electron chi connectivity index (χ4n) is 2.35. The minimum Gasteiger partial charge on any atom is -0.303 e. The van der Waals surface area contributed by atoms with Gasteiger partial charge in [-0.05, 0) is 36.2 Å². The molecule has 2 atom stereocenters. The average Bonchev–Trinajstić information content (AvgIpc) is 2.83. The van der Waals surface area contributed by atoms with Gasteiger partial charge in [-0.2, -0.15) is 0 Å². The van der Waals surface area contributed by atoms with E-state index in [0.29, 0.717) is 12.1 Å². The first-order chi connectivity index (χ1) is 8.84. The van der Waals surface area contributed by atoms with Crippen molar-refractivity contribution in [2.24, 2.45) is 0 Å². The number of fused-ring (bicyclic) bond motifs is 1. The van der Waals surface area contributed by atoms with Gasteiger partial charge in [0.25, 0.3) is 0 Å². The van der Waals surface area contributed by atoms with Crippen molar-refractivity contribution < 1.29 is 0 Å². The molecular weight excluding hydrogens is 240 g/mol. The third-order valence-corrected chi connectivity index (χ3v) is 4.54. The average molecular weight is 256 g/mol. The summed E-state index contributed by atoms with van der Waals surface area (Å²) < 4.78 is 0. The molecule has 3 rings (SSSR count). The predicted molar refractivity (Wildman–Crippen MR) is 75.7 cm³/mol. The normalized spacial score (nSPS) is 19.5. The van der Waals surface area contributed by atoms with E-state index in [4.69, 9.17) is 0 Å². The largest absolute Gasteiger partial charge is 0.303 e. The van der Waals surface area contributed by atoms with Crippen molar-refractivity contribution in [2.45, 2.75) is 23.9 Å². The van der Waals surface area contributed by atoms with Crippen molar-refractivity contribution >= 4 is 11.8 Å². The highest BCUT2D eigenvalue weighted by Crippen LogP contribution is 2.38. The zero-order valence-electron chi connectivity index (χ0n) is 10.3. The number of pyridine rings is 1. The summed E-state index contributed by atoms with van der Waals surface area (Å²) >= 11 is 1.94. The Bertz CT molecular complexity index is 527. The Morgan fingerprint density at radius 1 is 1.22 bits per heavy atom. The fraction of sp³-hybridized carbons (Fsp3) is 0.267. The van der Waals surface area contributed by atoms with Gasteiger partial charge in [0, 0.05) is 35.1 Å². The highest BCUT2D eigenvalue weighted by Gasteiger charge is 2.23. The van der Waals surface area contributed by atoms with E-state index in [-0.39, 0.29) is 0 Å². The lowest BCUT2D eigenvalue weighted by Crippen LogP contribution is -2.24. The van der Waals surface area contributed by atoms with Crippen molar-refractivity contribution in [3.05, 3.63) is 59.9 Å². The molecule has 0 saturated carbocycles. The molecule has 0 spiro atoms. The number of nitrogens with zero attached hydrogens (tertiary/aromatic N) is 1. The first kappa shape index (κ1) is 11.8. The van der Waals surface area contributed by atoms with Crippen molar-refractivity contribution in [2.75, 3.05) is 5.75 Å². The van der Waals surface area contributed by atoms with Gasteiger partial charge in [-0.15, -0.1) is 11.8 Å². The van der Waals surface area contributed by atoms with Gasteiger partial charge in [-0.25, -0.2) is 0 Å². The van der Waals surface area contributed by atoms with Crippen LogP contribution in [0.2, 0.25) is 0 Å². The highest BCUT2D eigenvalue weighted by atomic mass is 32.2. The van der Waals surface area contributed by atoms with Gasteiger partial charge >= 0.3 is 0 Å². The molecule has 0 fully saturated rings. The van der Waals surface area contributed by atoms with Crippen LogP contribution < -0.4 is 5.32 Å². The number of rotatable bonds is 3. The van der Waals surface area contributed by atoms with Crippen molar-refractivity contribution in [3.63, 3.8) is 0 Å². The molecule has 1 aromatic heterocycles. The Morgan fingerprint density at radius 3 is 2.83 bits per heavy atom. The van der Waals surface area contributed by atoms with Crippen LogP contribution in [0.15, 0.2) is 53.7 Å². The maximum Gasteiger partial charge on any atom is 0.0431 e. The van der Waals surface area contributed by atoms with Gasteiger partial charge in [0.1, 0.15) is 0 Å². The fourth-order valence-corrected chi connectivity index (χ4v) is 3.52. The van der Waals surface area contributed by atoms with E-state index in [0.717, 1.165) is 5.75 Å². The Kier molecular flexibility index (Phi) is 3.35. The molecule has 0 bridgehead atoms. The molecule has 2 unspecified atom stereocenters. The molecular formula is C15H16N2S. The van der Waals surface area contributed by atoms with E-state index in [1.54, 1.807) is 0 Å². The molecule has 0 radical (unpaired) electrons. The summed E-state index contributed by atoms with van der Waals surface area (Å²) in [5, 5.41) is 3.70. The lowest BCUT2D eigenvalue weighted by atomic mass is 10.1. The molecule has 2 nitrogen and oxygen atoms in total. The smallest absolute Gasteiger partial charge is 0.0431 e. The van der Waals surface area contributed by atoms with Crippen LogP contribution in [-0.4, -0.2) is 10.7 Å². The third-order valence-electron chi connectivity index (χ3n) is 3.36. The summed E-state index contributed by atoms with van der Waals surface area (Å²) in [6.07, 6.45) is 3.70. The minimum atomic E-state index is 0.352. The van der Waals surface area contributed by atoms with Crippen molar-refractivity contribution in [1.29, 1.82) is 0 Å². The van der Waals surface area contributed by atoms with Crippen LogP contribution in [0, 0.1) is 0 Å². The number of aromatic nitrogens is 1. The molecule has 3 heteroatoms. The quantitative estimate of drug-likeness (QED) is 0.908. The van der Waals surface area contributed by atoms with Gasteiger partial charge in [-0.3, -0.25) is 4.98 Å². The lowest BCUT2D eigenvalue weighted by molar-refractivity contribution is 0.501. The molecule has 2 heterocycles. The third kappa shape index (κ3) is 2.28. The summed E-state index contributed by atoms with van der Waals surface area (Å²) in [5.74, 6) is 1.12. The van der Waals surface area contributed by atoms with Gasteiger partial charge in [-0.1, -0.05) is 18.2 Å². The zero-order valence-corrected chi connectivity index (χ0v) is 11.2. The standard InChI is InChI=1S/C15H16N2S/c1-11(12-6-8-16-9-7-12)17-14-10-18-15-5-3-2-4-13(14)15/h2-9,11,14,17H,10H2,1H3. The maximum atomic E-state index is 4.06. The molecule has 0 aliphatic carbocycles. The Hall–Kier alpha value is -1.32. The summed E-state index contributed by atoms with van der Waals surface area (Å²) in [4.78, 5) is 5.48. The molecule has 1 N–H and O–H groups in total. The number of nitrogens with one attached hydrogen (secondary N) is 1. The van der Waals surface area contributed by atoms with E-state index >= 15 is 0 Å². The Balaban J connectivity index is 1.75. The molecule has 1 aromatic carbocycles. The number of hydrogen-bond acceptors (Lipinski definition) is 3. The van der Waals surface area contributed by atoms with Crippen molar-refractivity contribution in [3.8, 4) is 0 Å². The van der Waals surface area contributed by atoms with Gasteiger partial charge in [0.2, 0.25) is 0 Å². The van der Waals surface area contributed by atoms with Crippen LogP contribution in [0.5, 0.6) is 0 Å².